The van der Waals surface area contributed by atoms with Crippen LogP contribution in [-0.2, 0) is 0 Å². The Kier molecular flexibility index (Phi) is 4.38. The molecule has 4 nitrogen and oxygen atoms in total. The lowest BCUT2D eigenvalue weighted by Gasteiger charge is -2.04. The molecule has 2 heterocycles. The van der Waals surface area contributed by atoms with Gasteiger partial charge in [-0.3, -0.25) is 15.1 Å². The molecule has 0 aliphatic heterocycles. The van der Waals surface area contributed by atoms with Crippen molar-refractivity contribution in [2.75, 3.05) is 5.32 Å². The van der Waals surface area contributed by atoms with E-state index in [1.54, 1.807) is 24.5 Å². The van der Waals surface area contributed by atoms with Gasteiger partial charge in [-0.15, -0.1) is 11.3 Å². The van der Waals surface area contributed by atoms with Crippen molar-refractivity contribution in [2.45, 2.75) is 0 Å². The Morgan fingerprint density at radius 2 is 2.09 bits per heavy atom. The number of aromatic nitrogens is 2. The molecule has 0 radical (unpaired) electrons. The maximum absolute atomic E-state index is 12.2. The minimum absolute atomic E-state index is 0.300. The van der Waals surface area contributed by atoms with Crippen LogP contribution in [0.2, 0.25) is 10.0 Å². The average molecular weight is 350 g/mol. The minimum Gasteiger partial charge on any atom is -0.298 e. The minimum atomic E-state index is -0.325. The van der Waals surface area contributed by atoms with Crippen LogP contribution in [0.15, 0.2) is 48.1 Å². The monoisotopic (exact) mass is 349 g/mol. The van der Waals surface area contributed by atoms with Crippen molar-refractivity contribution in [3.05, 3.63) is 63.7 Å². The fourth-order valence-corrected chi connectivity index (χ4v) is 3.03. The van der Waals surface area contributed by atoms with E-state index in [1.165, 1.54) is 17.4 Å². The second-order valence-corrected chi connectivity index (χ2v) is 6.06. The number of benzene rings is 1. The van der Waals surface area contributed by atoms with Gasteiger partial charge in [-0.2, -0.15) is 0 Å². The van der Waals surface area contributed by atoms with Crippen molar-refractivity contribution in [3.63, 3.8) is 0 Å². The number of hydrogen-bond acceptors (Lipinski definition) is 4. The number of carbonyl (C=O) groups is 1. The number of nitrogens with one attached hydrogen (secondary N) is 1. The maximum Gasteiger partial charge on any atom is 0.258 e. The third-order valence-electron chi connectivity index (χ3n) is 2.86. The number of amides is 1. The van der Waals surface area contributed by atoms with Gasteiger partial charge in [0.1, 0.15) is 0 Å². The van der Waals surface area contributed by atoms with Crippen molar-refractivity contribution in [2.24, 2.45) is 0 Å². The first kappa shape index (κ1) is 15.0. The number of halogens is 2. The van der Waals surface area contributed by atoms with Gasteiger partial charge in [0.15, 0.2) is 5.13 Å². The van der Waals surface area contributed by atoms with Gasteiger partial charge in [0.25, 0.3) is 5.91 Å². The van der Waals surface area contributed by atoms with Gasteiger partial charge in [0.2, 0.25) is 0 Å². The van der Waals surface area contributed by atoms with Gasteiger partial charge in [-0.25, -0.2) is 4.98 Å². The van der Waals surface area contributed by atoms with Crippen LogP contribution in [0.4, 0.5) is 5.13 Å². The molecule has 0 bridgehead atoms. The quantitative estimate of drug-likeness (QED) is 0.741. The van der Waals surface area contributed by atoms with Crippen molar-refractivity contribution in [1.29, 1.82) is 0 Å². The average Bonchev–Trinajstić information content (AvgIpc) is 2.96. The summed E-state index contributed by atoms with van der Waals surface area (Å²) in [6.45, 7) is 0. The van der Waals surface area contributed by atoms with Crippen LogP contribution in [0.25, 0.3) is 11.3 Å². The highest BCUT2D eigenvalue weighted by atomic mass is 35.5. The van der Waals surface area contributed by atoms with E-state index in [0.717, 1.165) is 11.3 Å². The number of anilines is 1. The van der Waals surface area contributed by atoms with Crippen LogP contribution < -0.4 is 5.32 Å². The van der Waals surface area contributed by atoms with Gasteiger partial charge >= 0.3 is 0 Å². The van der Waals surface area contributed by atoms with Gasteiger partial charge in [0.05, 0.1) is 16.3 Å². The fourth-order valence-electron chi connectivity index (χ4n) is 1.82. The molecule has 0 spiro atoms. The molecule has 0 atom stereocenters. The summed E-state index contributed by atoms with van der Waals surface area (Å²) >= 11 is 13.2. The normalized spacial score (nSPS) is 10.5. The molecule has 1 N–H and O–H groups in total. The lowest BCUT2D eigenvalue weighted by molar-refractivity contribution is 0.102. The molecule has 0 aliphatic rings. The van der Waals surface area contributed by atoms with Gasteiger partial charge in [0, 0.05) is 28.4 Å². The van der Waals surface area contributed by atoms with Crippen LogP contribution in [0.1, 0.15) is 10.4 Å². The highest BCUT2D eigenvalue weighted by molar-refractivity contribution is 7.14. The first-order chi connectivity index (χ1) is 10.6. The second-order valence-electron chi connectivity index (χ2n) is 4.36. The Hall–Kier alpha value is -1.95. The standard InChI is InChI=1S/C15H9Cl2N3OS/c16-10-3-4-11(12(17)6-10)14(21)20-15-19-13(8-22-15)9-2-1-5-18-7-9/h1-8H,(H,19,20,21). The molecule has 3 rings (SSSR count). The molecule has 0 saturated heterocycles. The Morgan fingerprint density at radius 3 is 2.82 bits per heavy atom. The van der Waals surface area contributed by atoms with Crippen LogP contribution in [0.5, 0.6) is 0 Å². The van der Waals surface area contributed by atoms with Gasteiger partial charge in [-0.05, 0) is 30.3 Å². The van der Waals surface area contributed by atoms with Crippen LogP contribution in [-0.4, -0.2) is 15.9 Å². The predicted molar refractivity (Wildman–Crippen MR) is 89.8 cm³/mol. The summed E-state index contributed by atoms with van der Waals surface area (Å²) in [6.07, 6.45) is 3.41. The predicted octanol–water partition coefficient (Wildman–Crippen LogP) is 4.76. The van der Waals surface area contributed by atoms with E-state index in [-0.39, 0.29) is 5.91 Å². The molecular formula is C15H9Cl2N3OS. The molecule has 0 aliphatic carbocycles. The Labute approximate surface area is 140 Å². The van der Waals surface area contributed by atoms with Crippen LogP contribution in [0, 0.1) is 0 Å². The SMILES string of the molecule is O=C(Nc1nc(-c2cccnc2)cs1)c1ccc(Cl)cc1Cl. The highest BCUT2D eigenvalue weighted by Gasteiger charge is 2.13. The van der Waals surface area contributed by atoms with Gasteiger partial charge < -0.3 is 0 Å². The third kappa shape index (κ3) is 3.27. The molecule has 1 amide bonds. The largest absolute Gasteiger partial charge is 0.298 e. The number of thiazole rings is 1. The molecule has 0 saturated carbocycles. The van der Waals surface area contributed by atoms with Gasteiger partial charge in [-0.1, -0.05) is 23.2 Å². The third-order valence-corrected chi connectivity index (χ3v) is 4.16. The summed E-state index contributed by atoms with van der Waals surface area (Å²) in [5, 5.41) is 5.86. The topological polar surface area (TPSA) is 54.9 Å². The fraction of sp³-hybridized carbons (Fsp3) is 0. The molecule has 0 unspecified atom stereocenters. The zero-order valence-corrected chi connectivity index (χ0v) is 13.4. The molecule has 1 aromatic carbocycles. The number of rotatable bonds is 3. The first-order valence-electron chi connectivity index (χ1n) is 6.26. The van der Waals surface area contributed by atoms with E-state index in [2.05, 4.69) is 15.3 Å². The first-order valence-corrected chi connectivity index (χ1v) is 7.89. The van der Waals surface area contributed by atoms with Crippen LogP contribution >= 0.6 is 34.5 Å². The molecule has 3 aromatic rings. The Balaban J connectivity index is 1.79. The highest BCUT2D eigenvalue weighted by Crippen LogP contribution is 2.26. The molecule has 0 fully saturated rings. The molecule has 2 aromatic heterocycles. The van der Waals surface area contributed by atoms with E-state index in [0.29, 0.717) is 20.7 Å². The Bertz CT molecular complexity index is 821. The maximum atomic E-state index is 12.2. The number of hydrogen-bond donors (Lipinski definition) is 1. The number of pyridine rings is 1. The summed E-state index contributed by atoms with van der Waals surface area (Å²) < 4.78 is 0. The summed E-state index contributed by atoms with van der Waals surface area (Å²) in [4.78, 5) is 20.6. The molecule has 7 heteroatoms. The Morgan fingerprint density at radius 1 is 1.23 bits per heavy atom. The lowest BCUT2D eigenvalue weighted by Crippen LogP contribution is -2.12. The van der Waals surface area contributed by atoms with E-state index in [9.17, 15) is 4.79 Å². The van der Waals surface area contributed by atoms with E-state index in [4.69, 9.17) is 23.2 Å². The summed E-state index contributed by atoms with van der Waals surface area (Å²) in [5.74, 6) is -0.325. The second kappa shape index (κ2) is 6.44. The molecular weight excluding hydrogens is 341 g/mol. The molecule has 110 valence electrons. The number of nitrogens with zero attached hydrogens (tertiary/aromatic N) is 2. The summed E-state index contributed by atoms with van der Waals surface area (Å²) in [5.41, 5.74) is 2.00. The van der Waals surface area contributed by atoms with E-state index < -0.39 is 0 Å². The summed E-state index contributed by atoms with van der Waals surface area (Å²) in [7, 11) is 0. The van der Waals surface area contributed by atoms with Crippen molar-refractivity contribution in [3.8, 4) is 11.3 Å². The van der Waals surface area contributed by atoms with Crippen molar-refractivity contribution in [1.82, 2.24) is 9.97 Å². The zero-order valence-electron chi connectivity index (χ0n) is 11.1. The molecule has 22 heavy (non-hydrogen) atoms. The van der Waals surface area contributed by atoms with Crippen LogP contribution in [0.3, 0.4) is 0 Å². The smallest absolute Gasteiger partial charge is 0.258 e. The van der Waals surface area contributed by atoms with E-state index in [1.807, 2.05) is 17.5 Å². The lowest BCUT2D eigenvalue weighted by atomic mass is 10.2. The van der Waals surface area contributed by atoms with Crippen molar-refractivity contribution < 1.29 is 4.79 Å². The zero-order chi connectivity index (χ0) is 15.5. The van der Waals surface area contributed by atoms with Crippen molar-refractivity contribution >= 4 is 45.6 Å². The number of carbonyl (C=O) groups excluding carboxylic acids is 1. The summed E-state index contributed by atoms with van der Waals surface area (Å²) in [6, 6.07) is 8.46. The van der Waals surface area contributed by atoms with E-state index >= 15 is 0 Å².